The Kier molecular flexibility index (Phi) is 5.21. The van der Waals surface area contributed by atoms with Crippen molar-refractivity contribution in [1.82, 2.24) is 4.31 Å². The molecule has 1 aromatic carbocycles. The number of aliphatic hydroxyl groups excluding tert-OH is 1. The molecule has 0 unspecified atom stereocenters. The second-order valence-electron chi connectivity index (χ2n) is 3.61. The van der Waals surface area contributed by atoms with Crippen LogP contribution in [0.2, 0.25) is 0 Å². The third kappa shape index (κ3) is 3.26. The van der Waals surface area contributed by atoms with Crippen LogP contribution in [0.5, 0.6) is 0 Å². The van der Waals surface area contributed by atoms with Crippen LogP contribution in [0.4, 0.5) is 0 Å². The van der Waals surface area contributed by atoms with E-state index in [1.165, 1.54) is 16.4 Å². The van der Waals surface area contributed by atoms with Crippen LogP contribution in [-0.2, 0) is 10.0 Å². The molecule has 0 atom stereocenters. The van der Waals surface area contributed by atoms with E-state index >= 15 is 0 Å². The lowest BCUT2D eigenvalue weighted by molar-refractivity contribution is 0.257. The molecule has 100 valence electrons. The van der Waals surface area contributed by atoms with Crippen molar-refractivity contribution >= 4 is 27.2 Å². The Labute approximate surface area is 112 Å². The van der Waals surface area contributed by atoms with Crippen molar-refractivity contribution in [2.75, 3.05) is 19.7 Å². The molecule has 0 bridgehead atoms. The molecule has 3 N–H and O–H groups in total. The number of aliphatic hydroxyl groups is 1. The first-order chi connectivity index (χ1) is 8.43. The maximum atomic E-state index is 12.3. The number of benzene rings is 1. The normalized spacial score (nSPS) is 11.7. The third-order valence-electron chi connectivity index (χ3n) is 2.46. The minimum atomic E-state index is -3.61. The van der Waals surface area contributed by atoms with E-state index in [1.807, 2.05) is 0 Å². The van der Waals surface area contributed by atoms with Crippen LogP contribution in [0, 0.1) is 0 Å². The van der Waals surface area contributed by atoms with Crippen molar-refractivity contribution < 1.29 is 13.5 Å². The molecule has 0 heterocycles. The van der Waals surface area contributed by atoms with Gasteiger partial charge >= 0.3 is 0 Å². The lowest BCUT2D eigenvalue weighted by Crippen LogP contribution is -2.33. The summed E-state index contributed by atoms with van der Waals surface area (Å²) in [6, 6.07) is 6.17. The molecule has 0 fully saturated rings. The van der Waals surface area contributed by atoms with Gasteiger partial charge in [0.2, 0.25) is 10.0 Å². The van der Waals surface area contributed by atoms with Crippen LogP contribution in [0.25, 0.3) is 0 Å². The van der Waals surface area contributed by atoms with E-state index in [-0.39, 0.29) is 23.0 Å². The van der Waals surface area contributed by atoms with Gasteiger partial charge in [0.05, 0.1) is 11.5 Å². The van der Waals surface area contributed by atoms with Crippen molar-refractivity contribution in [3.63, 3.8) is 0 Å². The summed E-state index contributed by atoms with van der Waals surface area (Å²) in [5.74, 6) is 0. The molecular weight excluding hydrogens is 272 g/mol. The zero-order valence-corrected chi connectivity index (χ0v) is 11.7. The van der Waals surface area contributed by atoms with Gasteiger partial charge < -0.3 is 10.8 Å². The van der Waals surface area contributed by atoms with Gasteiger partial charge in [-0.3, -0.25) is 0 Å². The van der Waals surface area contributed by atoms with Gasteiger partial charge in [-0.05, 0) is 12.1 Å². The first-order valence-corrected chi connectivity index (χ1v) is 7.29. The molecule has 0 saturated carbocycles. The predicted octanol–water partition coefficient (Wildman–Crippen LogP) is 0.324. The molecule has 1 rings (SSSR count). The van der Waals surface area contributed by atoms with E-state index in [4.69, 9.17) is 23.1 Å². The SMILES string of the molecule is CCN(CCO)S(=O)(=O)c1cccc(C(N)=S)c1. The van der Waals surface area contributed by atoms with E-state index in [2.05, 4.69) is 0 Å². The Hall–Kier alpha value is -1.02. The summed E-state index contributed by atoms with van der Waals surface area (Å²) in [4.78, 5) is 0.278. The molecule has 0 spiro atoms. The minimum absolute atomic E-state index is 0.0656. The Bertz CT molecular complexity index is 529. The highest BCUT2D eigenvalue weighted by Gasteiger charge is 2.22. The molecule has 7 heteroatoms. The van der Waals surface area contributed by atoms with Gasteiger partial charge in [0, 0.05) is 18.7 Å². The first-order valence-electron chi connectivity index (χ1n) is 5.44. The smallest absolute Gasteiger partial charge is 0.243 e. The molecule has 0 aliphatic carbocycles. The van der Waals surface area contributed by atoms with Gasteiger partial charge in [0.15, 0.2) is 0 Å². The number of sulfonamides is 1. The Morgan fingerprint density at radius 1 is 1.50 bits per heavy atom. The van der Waals surface area contributed by atoms with Gasteiger partial charge in [-0.1, -0.05) is 31.3 Å². The fourth-order valence-corrected chi connectivity index (χ4v) is 3.13. The standard InChI is InChI=1S/C11H16N2O3S2/c1-2-13(6-7-14)18(15,16)10-5-3-4-9(8-10)11(12)17/h3-5,8,14H,2,6-7H2,1H3,(H2,12,17). The van der Waals surface area contributed by atoms with E-state index in [0.29, 0.717) is 12.1 Å². The lowest BCUT2D eigenvalue weighted by atomic mass is 10.2. The zero-order chi connectivity index (χ0) is 13.8. The molecule has 1 aromatic rings. The summed E-state index contributed by atoms with van der Waals surface area (Å²) in [5.41, 5.74) is 5.98. The quantitative estimate of drug-likeness (QED) is 0.737. The van der Waals surface area contributed by atoms with Crippen LogP contribution in [0.3, 0.4) is 0 Å². The average Bonchev–Trinajstić information content (AvgIpc) is 2.35. The number of hydrogen-bond acceptors (Lipinski definition) is 4. The number of nitrogens with zero attached hydrogens (tertiary/aromatic N) is 1. The summed E-state index contributed by atoms with van der Waals surface area (Å²) in [7, 11) is -3.61. The number of nitrogens with two attached hydrogens (primary N) is 1. The van der Waals surface area contributed by atoms with E-state index in [0.717, 1.165) is 0 Å². The molecule has 0 aliphatic rings. The van der Waals surface area contributed by atoms with E-state index in [1.54, 1.807) is 19.1 Å². The monoisotopic (exact) mass is 288 g/mol. The molecule has 18 heavy (non-hydrogen) atoms. The number of rotatable bonds is 6. The highest BCUT2D eigenvalue weighted by molar-refractivity contribution is 7.89. The minimum Gasteiger partial charge on any atom is -0.395 e. The topological polar surface area (TPSA) is 83.6 Å². The van der Waals surface area contributed by atoms with Gasteiger partial charge in [0.25, 0.3) is 0 Å². The fraction of sp³-hybridized carbons (Fsp3) is 0.364. The average molecular weight is 288 g/mol. The molecule has 5 nitrogen and oxygen atoms in total. The summed E-state index contributed by atoms with van der Waals surface area (Å²) >= 11 is 4.82. The lowest BCUT2D eigenvalue weighted by Gasteiger charge is -2.19. The third-order valence-corrected chi connectivity index (χ3v) is 4.66. The molecule has 0 aliphatic heterocycles. The number of thiocarbonyl (C=S) groups is 1. The van der Waals surface area contributed by atoms with Gasteiger partial charge in [-0.2, -0.15) is 4.31 Å². The largest absolute Gasteiger partial charge is 0.395 e. The van der Waals surface area contributed by atoms with E-state index in [9.17, 15) is 8.42 Å². The second kappa shape index (κ2) is 6.24. The van der Waals surface area contributed by atoms with Crippen molar-refractivity contribution in [3.8, 4) is 0 Å². The van der Waals surface area contributed by atoms with Crippen molar-refractivity contribution in [1.29, 1.82) is 0 Å². The summed E-state index contributed by atoms with van der Waals surface area (Å²) in [6.45, 7) is 1.85. The predicted molar refractivity (Wildman–Crippen MR) is 73.8 cm³/mol. The van der Waals surface area contributed by atoms with Crippen LogP contribution in [-0.4, -0.2) is 42.5 Å². The Morgan fingerprint density at radius 2 is 2.17 bits per heavy atom. The number of hydrogen-bond donors (Lipinski definition) is 2. The number of likely N-dealkylation sites (N-methyl/N-ethyl adjacent to an activating group) is 1. The summed E-state index contributed by atoms with van der Waals surface area (Å²) in [6.07, 6.45) is 0. The van der Waals surface area contributed by atoms with Crippen molar-refractivity contribution in [2.45, 2.75) is 11.8 Å². The molecular formula is C11H16N2O3S2. The van der Waals surface area contributed by atoms with Gasteiger partial charge in [0.1, 0.15) is 4.99 Å². The molecule has 0 amide bonds. The summed E-state index contributed by atoms with van der Waals surface area (Å²) in [5, 5.41) is 8.87. The molecule has 0 radical (unpaired) electrons. The van der Waals surface area contributed by atoms with Crippen LogP contribution in [0.15, 0.2) is 29.2 Å². The van der Waals surface area contributed by atoms with Crippen LogP contribution >= 0.6 is 12.2 Å². The van der Waals surface area contributed by atoms with Crippen molar-refractivity contribution in [2.24, 2.45) is 5.73 Å². The first kappa shape index (κ1) is 15.0. The maximum absolute atomic E-state index is 12.3. The van der Waals surface area contributed by atoms with Gasteiger partial charge in [-0.15, -0.1) is 0 Å². The maximum Gasteiger partial charge on any atom is 0.243 e. The summed E-state index contributed by atoms with van der Waals surface area (Å²) < 4.78 is 25.7. The zero-order valence-electron chi connectivity index (χ0n) is 10.0. The Morgan fingerprint density at radius 3 is 2.67 bits per heavy atom. The highest BCUT2D eigenvalue weighted by atomic mass is 32.2. The van der Waals surface area contributed by atoms with Crippen LogP contribution in [0.1, 0.15) is 12.5 Å². The molecule has 0 aromatic heterocycles. The second-order valence-corrected chi connectivity index (χ2v) is 5.99. The fourth-order valence-electron chi connectivity index (χ4n) is 1.52. The van der Waals surface area contributed by atoms with Crippen LogP contribution < -0.4 is 5.73 Å². The highest BCUT2D eigenvalue weighted by Crippen LogP contribution is 2.16. The molecule has 0 saturated heterocycles. The van der Waals surface area contributed by atoms with Crippen molar-refractivity contribution in [3.05, 3.63) is 29.8 Å². The van der Waals surface area contributed by atoms with E-state index < -0.39 is 10.0 Å². The Balaban J connectivity index is 3.19. The van der Waals surface area contributed by atoms with Gasteiger partial charge in [-0.25, -0.2) is 8.42 Å².